The number of rotatable bonds is 9. The number of ether oxygens (including phenoxy) is 1. The molecule has 0 aliphatic rings. The second-order valence-corrected chi connectivity index (χ2v) is 8.83. The minimum Gasteiger partial charge on any atom is -0.465 e. The van der Waals surface area contributed by atoms with Gasteiger partial charge in [0.2, 0.25) is 5.91 Å². The number of anilines is 2. The summed E-state index contributed by atoms with van der Waals surface area (Å²) in [6.45, 7) is 5.02. The van der Waals surface area contributed by atoms with Gasteiger partial charge in [0.15, 0.2) is 5.69 Å². The van der Waals surface area contributed by atoms with Gasteiger partial charge in [-0.15, -0.1) is 0 Å². The zero-order valence-corrected chi connectivity index (χ0v) is 21.2. The lowest BCUT2D eigenvalue weighted by Crippen LogP contribution is -2.45. The third-order valence-corrected chi connectivity index (χ3v) is 6.40. The Balaban J connectivity index is 2.18. The molecular formula is C25H26FN5O5S. The van der Waals surface area contributed by atoms with Crippen LogP contribution in [-0.4, -0.2) is 41.2 Å². The molecule has 2 aromatic carbocycles. The molecule has 3 aromatic rings. The van der Waals surface area contributed by atoms with Crippen molar-refractivity contribution in [3.8, 4) is 0 Å². The molecule has 0 aliphatic carbocycles. The molecule has 3 rings (SSSR count). The van der Waals surface area contributed by atoms with Crippen molar-refractivity contribution < 1.29 is 28.3 Å². The van der Waals surface area contributed by atoms with E-state index in [-0.39, 0.29) is 28.4 Å². The number of nitrogen functional groups attached to an aromatic ring is 1. The van der Waals surface area contributed by atoms with E-state index in [4.69, 9.17) is 16.2 Å². The number of esters is 1. The maximum Gasteiger partial charge on any atom is 0.325 e. The van der Waals surface area contributed by atoms with Gasteiger partial charge < -0.3 is 21.5 Å². The van der Waals surface area contributed by atoms with Crippen molar-refractivity contribution in [3.05, 3.63) is 75.5 Å². The molecule has 0 fully saturated rings. The number of amides is 3. The minimum atomic E-state index is -1.36. The van der Waals surface area contributed by atoms with Crippen LogP contribution in [0, 0.1) is 19.7 Å². The number of aromatic nitrogens is 1. The summed E-state index contributed by atoms with van der Waals surface area (Å²) in [6.07, 6.45) is 0. The first-order valence-corrected chi connectivity index (χ1v) is 12.0. The van der Waals surface area contributed by atoms with Crippen molar-refractivity contribution in [3.63, 3.8) is 0 Å². The second-order valence-electron chi connectivity index (χ2n) is 8.06. The normalized spacial score (nSPS) is 11.5. The van der Waals surface area contributed by atoms with E-state index < -0.39 is 42.1 Å². The van der Waals surface area contributed by atoms with Crippen LogP contribution in [0.25, 0.3) is 0 Å². The largest absolute Gasteiger partial charge is 0.465 e. The predicted octanol–water partition coefficient (Wildman–Crippen LogP) is 2.65. The van der Waals surface area contributed by atoms with Gasteiger partial charge in [0.25, 0.3) is 11.8 Å². The maximum atomic E-state index is 13.9. The summed E-state index contributed by atoms with van der Waals surface area (Å²) in [5.41, 5.74) is 13.2. The van der Waals surface area contributed by atoms with Gasteiger partial charge in [0.1, 0.15) is 23.3 Å². The van der Waals surface area contributed by atoms with E-state index in [9.17, 15) is 23.6 Å². The molecule has 0 bridgehead atoms. The standard InChI is InChI=1S/C25H26FN5O5S/c1-4-36-18(32)12-29-24(34)21(15-6-8-16(26)9-7-15)31(17-10-5-13(2)14(3)11-17)25(35)22-19(27)20(23(28)33)30-37-22/h5-11,21H,4,12,27H2,1-3H3,(H2,28,33)(H,29,34). The minimum absolute atomic E-state index is 0.114. The number of carbonyl (C=O) groups is 4. The summed E-state index contributed by atoms with van der Waals surface area (Å²) in [4.78, 5) is 52.1. The lowest BCUT2D eigenvalue weighted by atomic mass is 10.0. The van der Waals surface area contributed by atoms with Crippen LogP contribution in [0.15, 0.2) is 42.5 Å². The van der Waals surface area contributed by atoms with E-state index in [0.717, 1.165) is 28.2 Å². The van der Waals surface area contributed by atoms with Crippen molar-refractivity contribution in [2.75, 3.05) is 23.8 Å². The molecule has 10 nitrogen and oxygen atoms in total. The molecule has 1 atom stereocenters. The van der Waals surface area contributed by atoms with Gasteiger partial charge in [-0.25, -0.2) is 4.39 Å². The second kappa shape index (κ2) is 11.6. The summed E-state index contributed by atoms with van der Waals surface area (Å²) in [6, 6.07) is 8.77. The number of carbonyl (C=O) groups excluding carboxylic acids is 4. The van der Waals surface area contributed by atoms with Crippen molar-refractivity contribution >= 4 is 46.6 Å². The molecule has 1 heterocycles. The zero-order chi connectivity index (χ0) is 27.3. The number of primary amides is 1. The van der Waals surface area contributed by atoms with Gasteiger partial charge in [-0.2, -0.15) is 4.37 Å². The zero-order valence-electron chi connectivity index (χ0n) is 20.4. The number of halogens is 1. The monoisotopic (exact) mass is 527 g/mol. The predicted molar refractivity (Wildman–Crippen MR) is 137 cm³/mol. The number of aryl methyl sites for hydroxylation is 2. The molecule has 0 spiro atoms. The molecule has 12 heteroatoms. The van der Waals surface area contributed by atoms with Crippen LogP contribution in [0.2, 0.25) is 0 Å². The van der Waals surface area contributed by atoms with Gasteiger partial charge in [-0.3, -0.25) is 24.1 Å². The van der Waals surface area contributed by atoms with Gasteiger partial charge in [0.05, 0.1) is 12.3 Å². The number of nitrogens with two attached hydrogens (primary N) is 2. The fraction of sp³-hybridized carbons (Fsp3) is 0.240. The molecule has 194 valence electrons. The molecule has 1 aromatic heterocycles. The number of benzene rings is 2. The van der Waals surface area contributed by atoms with Crippen molar-refractivity contribution in [2.24, 2.45) is 5.73 Å². The Labute approximate surface area is 216 Å². The van der Waals surface area contributed by atoms with Crippen LogP contribution in [0.4, 0.5) is 15.8 Å². The van der Waals surface area contributed by atoms with E-state index in [0.29, 0.717) is 17.2 Å². The molecule has 5 N–H and O–H groups in total. The molecule has 0 aliphatic heterocycles. The van der Waals surface area contributed by atoms with Crippen LogP contribution >= 0.6 is 11.5 Å². The first-order chi connectivity index (χ1) is 17.5. The summed E-state index contributed by atoms with van der Waals surface area (Å²) in [7, 11) is 0. The molecular weight excluding hydrogens is 501 g/mol. The highest BCUT2D eigenvalue weighted by Gasteiger charge is 2.36. The summed E-state index contributed by atoms with van der Waals surface area (Å²) in [5.74, 6) is -3.60. The third-order valence-electron chi connectivity index (χ3n) is 5.55. The van der Waals surface area contributed by atoms with E-state index in [1.54, 1.807) is 25.1 Å². The average Bonchev–Trinajstić information content (AvgIpc) is 3.25. The Kier molecular flexibility index (Phi) is 8.56. The summed E-state index contributed by atoms with van der Waals surface area (Å²) < 4.78 is 22.5. The molecule has 0 radical (unpaired) electrons. The SMILES string of the molecule is CCOC(=O)CNC(=O)C(c1ccc(F)cc1)N(C(=O)c1snc(C(N)=O)c1N)c1ccc(C)c(C)c1. The smallest absolute Gasteiger partial charge is 0.325 e. The van der Waals surface area contributed by atoms with E-state index in [1.165, 1.54) is 12.1 Å². The highest BCUT2D eigenvalue weighted by molar-refractivity contribution is 7.09. The topological polar surface area (TPSA) is 158 Å². The van der Waals surface area contributed by atoms with Gasteiger partial charge in [-0.05, 0) is 73.3 Å². The number of hydrogen-bond donors (Lipinski definition) is 3. The van der Waals surface area contributed by atoms with Crippen molar-refractivity contribution in [1.29, 1.82) is 0 Å². The number of nitrogens with zero attached hydrogens (tertiary/aromatic N) is 2. The average molecular weight is 528 g/mol. The van der Waals surface area contributed by atoms with Crippen molar-refractivity contribution in [1.82, 2.24) is 9.69 Å². The summed E-state index contributed by atoms with van der Waals surface area (Å²) in [5, 5.41) is 2.48. The van der Waals surface area contributed by atoms with E-state index in [1.807, 2.05) is 13.8 Å². The molecule has 0 saturated carbocycles. The number of nitrogens with one attached hydrogen (secondary N) is 1. The van der Waals surface area contributed by atoms with Crippen LogP contribution in [0.3, 0.4) is 0 Å². The quantitative estimate of drug-likeness (QED) is 0.361. The van der Waals surface area contributed by atoms with Gasteiger partial charge in [0, 0.05) is 5.69 Å². The Morgan fingerprint density at radius 1 is 1.11 bits per heavy atom. The van der Waals surface area contributed by atoms with E-state index in [2.05, 4.69) is 9.69 Å². The van der Waals surface area contributed by atoms with Gasteiger partial charge >= 0.3 is 5.97 Å². The van der Waals surface area contributed by atoms with Gasteiger partial charge in [-0.1, -0.05) is 18.2 Å². The first kappa shape index (κ1) is 27.3. The third kappa shape index (κ3) is 6.09. The highest BCUT2D eigenvalue weighted by Crippen LogP contribution is 2.34. The first-order valence-electron chi connectivity index (χ1n) is 11.2. The van der Waals surface area contributed by atoms with Crippen LogP contribution in [0.1, 0.15) is 49.8 Å². The van der Waals surface area contributed by atoms with Crippen LogP contribution in [0.5, 0.6) is 0 Å². The van der Waals surface area contributed by atoms with Crippen LogP contribution in [-0.2, 0) is 14.3 Å². The van der Waals surface area contributed by atoms with Crippen LogP contribution < -0.4 is 21.7 Å². The Morgan fingerprint density at radius 3 is 2.35 bits per heavy atom. The Morgan fingerprint density at radius 2 is 1.78 bits per heavy atom. The molecule has 37 heavy (non-hydrogen) atoms. The maximum absolute atomic E-state index is 13.9. The fourth-order valence-electron chi connectivity index (χ4n) is 3.53. The summed E-state index contributed by atoms with van der Waals surface area (Å²) >= 11 is 0.662. The van der Waals surface area contributed by atoms with Crippen molar-refractivity contribution in [2.45, 2.75) is 26.8 Å². The molecule has 3 amide bonds. The lowest BCUT2D eigenvalue weighted by molar-refractivity contribution is -0.143. The highest BCUT2D eigenvalue weighted by atomic mass is 32.1. The number of hydrogen-bond acceptors (Lipinski definition) is 8. The Hall–Kier alpha value is -4.32. The lowest BCUT2D eigenvalue weighted by Gasteiger charge is -2.31. The fourth-order valence-corrected chi connectivity index (χ4v) is 4.27. The Bertz CT molecular complexity index is 1340. The van der Waals surface area contributed by atoms with E-state index >= 15 is 0 Å². The molecule has 1 unspecified atom stereocenters. The molecule has 0 saturated heterocycles.